The maximum Gasteiger partial charge on any atom is 0.257 e. The Balaban J connectivity index is 1.69. The van der Waals surface area contributed by atoms with Gasteiger partial charge >= 0.3 is 0 Å². The number of amides is 1. The van der Waals surface area contributed by atoms with Crippen molar-refractivity contribution in [3.05, 3.63) is 60.2 Å². The van der Waals surface area contributed by atoms with Gasteiger partial charge in [-0.2, -0.15) is 0 Å². The van der Waals surface area contributed by atoms with Crippen LogP contribution in [-0.4, -0.2) is 37.4 Å². The van der Waals surface area contributed by atoms with E-state index in [4.69, 9.17) is 14.2 Å². The number of nitrogens with one attached hydrogen (secondary N) is 2. The number of hydrogen-bond acceptors (Lipinski definition) is 7. The van der Waals surface area contributed by atoms with Gasteiger partial charge in [0, 0.05) is 23.4 Å². The molecule has 144 valence electrons. The van der Waals surface area contributed by atoms with Crippen LogP contribution < -0.4 is 24.8 Å². The Bertz CT molecular complexity index is 938. The fourth-order valence-electron chi connectivity index (χ4n) is 2.44. The standard InChI is InChI=1S/C20H20N4O4/c1-26-15-6-4-5-14(11-15)21-18-7-8-19(24-23-18)22-20(25)13-9-16(27-2)12-17(10-13)28-3/h4-12H,1-3H3,(H,21,23)(H,22,24,25). The molecule has 8 heteroatoms. The van der Waals surface area contributed by atoms with E-state index in [2.05, 4.69) is 20.8 Å². The minimum atomic E-state index is -0.347. The summed E-state index contributed by atoms with van der Waals surface area (Å²) in [6.07, 6.45) is 0. The number of methoxy groups -OCH3 is 3. The minimum Gasteiger partial charge on any atom is -0.497 e. The number of aromatic nitrogens is 2. The van der Waals surface area contributed by atoms with Gasteiger partial charge in [-0.15, -0.1) is 10.2 Å². The highest BCUT2D eigenvalue weighted by Gasteiger charge is 2.11. The van der Waals surface area contributed by atoms with Gasteiger partial charge in [0.05, 0.1) is 21.3 Å². The van der Waals surface area contributed by atoms with Crippen molar-refractivity contribution in [2.45, 2.75) is 0 Å². The maximum absolute atomic E-state index is 12.5. The molecule has 3 aromatic rings. The van der Waals surface area contributed by atoms with Crippen molar-refractivity contribution < 1.29 is 19.0 Å². The first-order chi connectivity index (χ1) is 13.6. The lowest BCUT2D eigenvalue weighted by atomic mass is 10.2. The third-order valence-electron chi connectivity index (χ3n) is 3.86. The molecule has 0 saturated carbocycles. The molecule has 0 fully saturated rings. The van der Waals surface area contributed by atoms with Gasteiger partial charge in [-0.05, 0) is 36.4 Å². The van der Waals surface area contributed by atoms with Crippen LogP contribution in [-0.2, 0) is 0 Å². The summed E-state index contributed by atoms with van der Waals surface area (Å²) in [4.78, 5) is 12.5. The number of carbonyl (C=O) groups is 1. The van der Waals surface area contributed by atoms with Crippen molar-refractivity contribution in [3.8, 4) is 17.2 Å². The van der Waals surface area contributed by atoms with Gasteiger partial charge in [-0.3, -0.25) is 4.79 Å². The van der Waals surface area contributed by atoms with E-state index in [1.807, 2.05) is 24.3 Å². The minimum absolute atomic E-state index is 0.322. The summed E-state index contributed by atoms with van der Waals surface area (Å²) in [5.41, 5.74) is 1.20. The van der Waals surface area contributed by atoms with Crippen molar-refractivity contribution >= 4 is 23.2 Å². The molecule has 8 nitrogen and oxygen atoms in total. The zero-order valence-electron chi connectivity index (χ0n) is 15.7. The van der Waals surface area contributed by atoms with E-state index in [0.717, 1.165) is 11.4 Å². The van der Waals surface area contributed by atoms with Crippen LogP contribution in [0, 0.1) is 0 Å². The van der Waals surface area contributed by atoms with E-state index in [9.17, 15) is 4.79 Å². The summed E-state index contributed by atoms with van der Waals surface area (Å²) in [5.74, 6) is 2.29. The Morgan fingerprint density at radius 2 is 1.43 bits per heavy atom. The van der Waals surface area contributed by atoms with Crippen molar-refractivity contribution in [2.75, 3.05) is 32.0 Å². The lowest BCUT2D eigenvalue weighted by Gasteiger charge is -2.09. The van der Waals surface area contributed by atoms with E-state index < -0.39 is 0 Å². The van der Waals surface area contributed by atoms with Crippen molar-refractivity contribution in [2.24, 2.45) is 0 Å². The van der Waals surface area contributed by atoms with Crippen LogP contribution in [0.2, 0.25) is 0 Å². The number of nitrogens with zero attached hydrogens (tertiary/aromatic N) is 2. The highest BCUT2D eigenvalue weighted by molar-refractivity contribution is 6.04. The molecule has 1 amide bonds. The number of carbonyl (C=O) groups excluding carboxylic acids is 1. The summed E-state index contributed by atoms with van der Waals surface area (Å²) in [5, 5.41) is 13.9. The molecule has 2 aromatic carbocycles. The fraction of sp³-hybridized carbons (Fsp3) is 0.150. The molecule has 2 N–H and O–H groups in total. The molecule has 28 heavy (non-hydrogen) atoms. The van der Waals surface area contributed by atoms with E-state index in [1.54, 1.807) is 37.4 Å². The first-order valence-electron chi connectivity index (χ1n) is 8.40. The summed E-state index contributed by atoms with van der Waals surface area (Å²) in [7, 11) is 4.65. The second-order valence-corrected chi connectivity index (χ2v) is 5.72. The monoisotopic (exact) mass is 380 g/mol. The van der Waals surface area contributed by atoms with Crippen LogP contribution in [0.4, 0.5) is 17.3 Å². The third-order valence-corrected chi connectivity index (χ3v) is 3.86. The Kier molecular flexibility index (Phi) is 5.91. The maximum atomic E-state index is 12.5. The number of benzene rings is 2. The average Bonchev–Trinajstić information content (AvgIpc) is 2.74. The first kappa shape index (κ1) is 19.0. The Morgan fingerprint density at radius 1 is 0.786 bits per heavy atom. The Labute approximate surface area is 162 Å². The number of rotatable bonds is 7. The van der Waals surface area contributed by atoms with Gasteiger partial charge in [0.25, 0.3) is 5.91 Å². The molecular formula is C20H20N4O4. The van der Waals surface area contributed by atoms with Crippen LogP contribution in [0.5, 0.6) is 17.2 Å². The summed E-state index contributed by atoms with van der Waals surface area (Å²) >= 11 is 0. The molecule has 0 radical (unpaired) electrons. The van der Waals surface area contributed by atoms with Gasteiger partial charge in [0.15, 0.2) is 11.6 Å². The van der Waals surface area contributed by atoms with Gasteiger partial charge in [-0.1, -0.05) is 6.07 Å². The largest absolute Gasteiger partial charge is 0.497 e. The zero-order valence-corrected chi connectivity index (χ0v) is 15.7. The molecular weight excluding hydrogens is 360 g/mol. The smallest absolute Gasteiger partial charge is 0.257 e. The van der Waals surface area contributed by atoms with E-state index in [1.165, 1.54) is 14.2 Å². The third kappa shape index (κ3) is 4.67. The Morgan fingerprint density at radius 3 is 2.04 bits per heavy atom. The molecule has 1 heterocycles. The lowest BCUT2D eigenvalue weighted by molar-refractivity contribution is 0.102. The quantitative estimate of drug-likeness (QED) is 0.648. The topological polar surface area (TPSA) is 94.6 Å². The highest BCUT2D eigenvalue weighted by Crippen LogP contribution is 2.23. The van der Waals surface area contributed by atoms with Gasteiger partial charge in [0.1, 0.15) is 17.2 Å². The molecule has 1 aromatic heterocycles. The lowest BCUT2D eigenvalue weighted by Crippen LogP contribution is -2.14. The van der Waals surface area contributed by atoms with Gasteiger partial charge < -0.3 is 24.8 Å². The molecule has 0 bridgehead atoms. The number of ether oxygens (including phenoxy) is 3. The molecule has 0 aliphatic heterocycles. The summed E-state index contributed by atoms with van der Waals surface area (Å²) < 4.78 is 15.6. The predicted molar refractivity (Wildman–Crippen MR) is 106 cm³/mol. The predicted octanol–water partition coefficient (Wildman–Crippen LogP) is 3.50. The van der Waals surface area contributed by atoms with Crippen LogP contribution in [0.1, 0.15) is 10.4 Å². The van der Waals surface area contributed by atoms with Crippen molar-refractivity contribution in [3.63, 3.8) is 0 Å². The molecule has 0 atom stereocenters. The van der Waals surface area contributed by atoms with Crippen LogP contribution in [0.15, 0.2) is 54.6 Å². The molecule has 0 aliphatic rings. The SMILES string of the molecule is COc1cccc(Nc2ccc(NC(=O)c3cc(OC)cc(OC)c3)nn2)c1. The zero-order chi connectivity index (χ0) is 19.9. The van der Waals surface area contributed by atoms with E-state index >= 15 is 0 Å². The summed E-state index contributed by atoms with van der Waals surface area (Å²) in [6, 6.07) is 15.7. The summed E-state index contributed by atoms with van der Waals surface area (Å²) in [6.45, 7) is 0. The second kappa shape index (κ2) is 8.72. The van der Waals surface area contributed by atoms with Gasteiger partial charge in [-0.25, -0.2) is 0 Å². The number of anilines is 3. The first-order valence-corrected chi connectivity index (χ1v) is 8.40. The number of hydrogen-bond donors (Lipinski definition) is 2. The van der Waals surface area contributed by atoms with Crippen LogP contribution in [0.3, 0.4) is 0 Å². The molecule has 0 unspecified atom stereocenters. The molecule has 0 saturated heterocycles. The fourth-order valence-corrected chi connectivity index (χ4v) is 2.44. The van der Waals surface area contributed by atoms with Crippen molar-refractivity contribution in [1.29, 1.82) is 0 Å². The molecule has 0 spiro atoms. The van der Waals surface area contributed by atoms with Crippen LogP contribution in [0.25, 0.3) is 0 Å². The average molecular weight is 380 g/mol. The van der Waals surface area contributed by atoms with E-state index in [0.29, 0.717) is 28.7 Å². The van der Waals surface area contributed by atoms with Gasteiger partial charge in [0.2, 0.25) is 0 Å². The molecule has 0 aliphatic carbocycles. The second-order valence-electron chi connectivity index (χ2n) is 5.72. The van der Waals surface area contributed by atoms with Crippen LogP contribution >= 0.6 is 0 Å². The normalized spacial score (nSPS) is 10.1. The highest BCUT2D eigenvalue weighted by atomic mass is 16.5. The van der Waals surface area contributed by atoms with Crippen molar-refractivity contribution in [1.82, 2.24) is 10.2 Å². The Hall–Kier alpha value is -3.81. The molecule has 3 rings (SSSR count). The van der Waals surface area contributed by atoms with E-state index in [-0.39, 0.29) is 5.91 Å².